The first kappa shape index (κ1) is 19.9. The molecule has 0 atom stereocenters. The molecule has 28 heavy (non-hydrogen) atoms. The lowest BCUT2D eigenvalue weighted by molar-refractivity contribution is -0.630. The van der Waals surface area contributed by atoms with E-state index in [9.17, 15) is 0 Å². The molecule has 1 heterocycles. The van der Waals surface area contributed by atoms with E-state index in [0.29, 0.717) is 0 Å². The average molecular weight is 375 g/mol. The fourth-order valence-electron chi connectivity index (χ4n) is 3.43. The van der Waals surface area contributed by atoms with Crippen LogP contribution in [0, 0.1) is 0 Å². The molecule has 2 aromatic carbocycles. The smallest absolute Gasteiger partial charge is 0.275 e. The lowest BCUT2D eigenvalue weighted by Gasteiger charge is -2.12. The van der Waals surface area contributed by atoms with Crippen LogP contribution in [0.2, 0.25) is 0 Å². The highest BCUT2D eigenvalue weighted by atomic mass is 15.1. The van der Waals surface area contributed by atoms with Crippen molar-refractivity contribution in [3.05, 3.63) is 65.7 Å². The summed E-state index contributed by atoms with van der Waals surface area (Å²) < 4.78 is 2.25. The number of nitrogens with zero attached hydrogens (tertiary/aromatic N) is 2. The molecule has 0 unspecified atom stereocenters. The maximum absolute atomic E-state index is 3.62. The molecule has 0 saturated carbocycles. The number of rotatable bonds is 8. The predicted octanol–water partition coefficient (Wildman–Crippen LogP) is 5.50. The maximum Gasteiger partial charge on any atom is 0.275 e. The van der Waals surface area contributed by atoms with Gasteiger partial charge in [0.25, 0.3) is 5.82 Å². The summed E-state index contributed by atoms with van der Waals surface area (Å²) in [7, 11) is 6.27. The van der Waals surface area contributed by atoms with Crippen molar-refractivity contribution in [1.29, 1.82) is 0 Å². The molecule has 0 amide bonds. The van der Waals surface area contributed by atoms with Gasteiger partial charge in [0.1, 0.15) is 5.52 Å². The van der Waals surface area contributed by atoms with Crippen molar-refractivity contribution in [1.82, 2.24) is 0 Å². The SMILES string of the molecule is CCCCCNc1cc(/C=C/c2ccc(N(C)C)cc2)c2ccccc2[n+]1C. The average Bonchev–Trinajstić information content (AvgIpc) is 2.72. The van der Waals surface area contributed by atoms with Gasteiger partial charge in [-0.15, -0.1) is 0 Å². The Morgan fingerprint density at radius 1 is 0.964 bits per heavy atom. The summed E-state index contributed by atoms with van der Waals surface area (Å²) in [5.74, 6) is 1.16. The van der Waals surface area contributed by atoms with Crippen LogP contribution in [-0.2, 0) is 7.05 Å². The predicted molar refractivity (Wildman–Crippen MR) is 123 cm³/mol. The highest BCUT2D eigenvalue weighted by Crippen LogP contribution is 2.22. The summed E-state index contributed by atoms with van der Waals surface area (Å²) >= 11 is 0. The summed E-state index contributed by atoms with van der Waals surface area (Å²) in [4.78, 5) is 2.12. The molecule has 0 bridgehead atoms. The summed E-state index contributed by atoms with van der Waals surface area (Å²) in [6, 6.07) is 19.5. The zero-order valence-electron chi connectivity index (χ0n) is 17.6. The van der Waals surface area contributed by atoms with Crippen LogP contribution >= 0.6 is 0 Å². The van der Waals surface area contributed by atoms with Crippen LogP contribution < -0.4 is 14.8 Å². The normalized spacial score (nSPS) is 11.3. The van der Waals surface area contributed by atoms with Crippen molar-refractivity contribution >= 4 is 34.6 Å². The lowest BCUT2D eigenvalue weighted by Crippen LogP contribution is -2.34. The molecular formula is C25H32N3+. The molecule has 3 heteroatoms. The van der Waals surface area contributed by atoms with Crippen molar-refractivity contribution in [3.8, 4) is 0 Å². The fourth-order valence-corrected chi connectivity index (χ4v) is 3.43. The van der Waals surface area contributed by atoms with Crippen molar-refractivity contribution in [2.45, 2.75) is 26.2 Å². The molecule has 0 aliphatic carbocycles. The Labute approximate surface area is 169 Å². The van der Waals surface area contributed by atoms with Gasteiger partial charge in [0.15, 0.2) is 0 Å². The second-order valence-electron chi connectivity index (χ2n) is 7.51. The molecular weight excluding hydrogens is 342 g/mol. The number of unbranched alkanes of at least 4 members (excludes halogenated alkanes) is 2. The van der Waals surface area contributed by atoms with Crippen molar-refractivity contribution in [2.24, 2.45) is 7.05 Å². The van der Waals surface area contributed by atoms with Crippen LogP contribution in [0.3, 0.4) is 0 Å². The molecule has 146 valence electrons. The molecule has 0 aliphatic heterocycles. The minimum absolute atomic E-state index is 1.01. The number of hydrogen-bond acceptors (Lipinski definition) is 2. The Bertz CT molecular complexity index is 940. The number of pyridine rings is 1. The Hall–Kier alpha value is -2.81. The van der Waals surface area contributed by atoms with E-state index in [-0.39, 0.29) is 0 Å². The monoisotopic (exact) mass is 374 g/mol. The lowest BCUT2D eigenvalue weighted by atomic mass is 10.1. The molecule has 1 aromatic heterocycles. The number of nitrogens with one attached hydrogen (secondary N) is 1. The van der Waals surface area contributed by atoms with Crippen molar-refractivity contribution in [3.63, 3.8) is 0 Å². The third kappa shape index (κ3) is 4.72. The molecule has 0 aliphatic rings. The number of para-hydroxylation sites is 1. The minimum atomic E-state index is 1.01. The Balaban J connectivity index is 1.91. The quantitative estimate of drug-likeness (QED) is 0.414. The van der Waals surface area contributed by atoms with E-state index in [1.54, 1.807) is 0 Å². The Morgan fingerprint density at radius 2 is 1.71 bits per heavy atom. The van der Waals surface area contributed by atoms with Gasteiger partial charge in [0.2, 0.25) is 0 Å². The van der Waals surface area contributed by atoms with Gasteiger partial charge in [-0.25, -0.2) is 4.57 Å². The van der Waals surface area contributed by atoms with E-state index in [2.05, 4.69) is 110 Å². The number of aromatic nitrogens is 1. The van der Waals surface area contributed by atoms with E-state index >= 15 is 0 Å². The van der Waals surface area contributed by atoms with Gasteiger partial charge in [-0.3, -0.25) is 5.32 Å². The molecule has 0 fully saturated rings. The summed E-state index contributed by atoms with van der Waals surface area (Å²) in [5.41, 5.74) is 4.90. The van der Waals surface area contributed by atoms with Gasteiger partial charge in [-0.1, -0.05) is 55.8 Å². The number of aryl methyl sites for hydroxylation is 1. The van der Waals surface area contributed by atoms with Gasteiger partial charge in [-0.2, -0.15) is 0 Å². The third-order valence-electron chi connectivity index (χ3n) is 5.18. The summed E-state index contributed by atoms with van der Waals surface area (Å²) in [6.45, 7) is 3.25. The van der Waals surface area contributed by atoms with Crippen LogP contribution in [-0.4, -0.2) is 20.6 Å². The van der Waals surface area contributed by atoms with Crippen molar-refractivity contribution < 1.29 is 4.57 Å². The number of anilines is 2. The third-order valence-corrected chi connectivity index (χ3v) is 5.18. The highest BCUT2D eigenvalue weighted by Gasteiger charge is 2.12. The molecule has 1 N–H and O–H groups in total. The minimum Gasteiger partial charge on any atom is -0.378 e. The molecule has 3 aromatic rings. The first-order chi connectivity index (χ1) is 13.6. The Kier molecular flexibility index (Phi) is 6.70. The highest BCUT2D eigenvalue weighted by molar-refractivity contribution is 5.90. The zero-order chi connectivity index (χ0) is 19.9. The topological polar surface area (TPSA) is 19.1 Å². The van der Waals surface area contributed by atoms with Crippen molar-refractivity contribution in [2.75, 3.05) is 30.9 Å². The standard InChI is InChI=1S/C25H31N3/c1-5-6-9-18-26-25-19-21(23-10-7-8-11-24(23)28(25)4)15-12-20-13-16-22(17-14-20)27(2)3/h7-8,10-17,19H,5-6,9,18H2,1-4H3/p+1/b15-12+. The van der Waals surface area contributed by atoms with Gasteiger partial charge < -0.3 is 4.90 Å². The van der Waals surface area contributed by atoms with Gasteiger partial charge in [-0.05, 0) is 42.2 Å². The summed E-state index contributed by atoms with van der Waals surface area (Å²) in [6.07, 6.45) is 8.13. The van der Waals surface area contributed by atoms with Gasteiger partial charge in [0.05, 0.1) is 13.6 Å². The van der Waals surface area contributed by atoms with E-state index < -0.39 is 0 Å². The number of benzene rings is 2. The zero-order valence-corrected chi connectivity index (χ0v) is 17.6. The van der Waals surface area contributed by atoms with Gasteiger partial charge in [0, 0.05) is 31.2 Å². The van der Waals surface area contributed by atoms with Crippen LogP contribution in [0.1, 0.15) is 37.3 Å². The van der Waals surface area contributed by atoms with E-state index in [1.165, 1.54) is 47.0 Å². The largest absolute Gasteiger partial charge is 0.378 e. The fraction of sp³-hybridized carbons (Fsp3) is 0.320. The van der Waals surface area contributed by atoms with Gasteiger partial charge >= 0.3 is 0 Å². The number of fused-ring (bicyclic) bond motifs is 1. The molecule has 0 saturated heterocycles. The van der Waals surface area contributed by atoms with E-state index in [4.69, 9.17) is 0 Å². The van der Waals surface area contributed by atoms with Crippen LogP contribution in [0.25, 0.3) is 23.1 Å². The van der Waals surface area contributed by atoms with Crippen LogP contribution in [0.15, 0.2) is 54.6 Å². The maximum atomic E-state index is 3.62. The van der Waals surface area contributed by atoms with E-state index in [1.807, 2.05) is 0 Å². The second-order valence-corrected chi connectivity index (χ2v) is 7.51. The second kappa shape index (κ2) is 9.41. The first-order valence-electron chi connectivity index (χ1n) is 10.2. The first-order valence-corrected chi connectivity index (χ1v) is 10.2. The number of hydrogen-bond donors (Lipinski definition) is 1. The van der Waals surface area contributed by atoms with Crippen LogP contribution in [0.5, 0.6) is 0 Å². The molecule has 3 nitrogen and oxygen atoms in total. The summed E-state index contributed by atoms with van der Waals surface area (Å²) in [5, 5.41) is 4.89. The molecule has 0 spiro atoms. The van der Waals surface area contributed by atoms with Crippen LogP contribution in [0.4, 0.5) is 11.5 Å². The molecule has 3 rings (SSSR count). The molecule has 0 radical (unpaired) electrons. The Morgan fingerprint density at radius 3 is 2.43 bits per heavy atom. The van der Waals surface area contributed by atoms with E-state index in [0.717, 1.165) is 12.4 Å².